The summed E-state index contributed by atoms with van der Waals surface area (Å²) in [6.07, 6.45) is 0. The van der Waals surface area contributed by atoms with Crippen molar-refractivity contribution in [2.75, 3.05) is 0 Å². The van der Waals surface area contributed by atoms with Crippen molar-refractivity contribution in [2.45, 2.75) is 6.61 Å². The maximum absolute atomic E-state index is 9.17. The van der Waals surface area contributed by atoms with Gasteiger partial charge < -0.3 is 5.11 Å². The first kappa shape index (κ1) is 8.33. The highest BCUT2D eigenvalue weighted by Gasteiger charge is 2.00. The second-order valence-corrected chi connectivity index (χ2v) is 2.52. The average molecular weight is 174 g/mol. The summed E-state index contributed by atoms with van der Waals surface area (Å²) in [6, 6.07) is 4.69. The standard InChI is InChI=1S/C7H8ClNO2/c8-6-1-2-7(10)5(3-6)4-11-9/h1-3,10H,4,9H2. The molecule has 0 heterocycles. The molecule has 60 valence electrons. The molecule has 1 aromatic rings. The molecule has 0 aromatic heterocycles. The third-order valence-electron chi connectivity index (χ3n) is 1.28. The molecule has 0 fully saturated rings. The van der Waals surface area contributed by atoms with E-state index in [1.807, 2.05) is 0 Å². The third-order valence-corrected chi connectivity index (χ3v) is 1.52. The first-order valence-electron chi connectivity index (χ1n) is 3.03. The largest absolute Gasteiger partial charge is 0.508 e. The fourth-order valence-corrected chi connectivity index (χ4v) is 0.954. The monoisotopic (exact) mass is 173 g/mol. The summed E-state index contributed by atoms with van der Waals surface area (Å²) in [7, 11) is 0. The van der Waals surface area contributed by atoms with Gasteiger partial charge >= 0.3 is 0 Å². The third kappa shape index (κ3) is 2.08. The van der Waals surface area contributed by atoms with E-state index < -0.39 is 0 Å². The number of nitrogens with two attached hydrogens (primary N) is 1. The SMILES string of the molecule is NOCc1cc(Cl)ccc1O. The Morgan fingerprint density at radius 2 is 2.27 bits per heavy atom. The number of hydrogen-bond acceptors (Lipinski definition) is 3. The van der Waals surface area contributed by atoms with Gasteiger partial charge in [-0.3, -0.25) is 4.84 Å². The molecular formula is C7H8ClNO2. The Labute approximate surface area is 69.3 Å². The van der Waals surface area contributed by atoms with Crippen LogP contribution in [0, 0.1) is 0 Å². The van der Waals surface area contributed by atoms with Gasteiger partial charge in [0.25, 0.3) is 0 Å². The molecule has 0 amide bonds. The number of hydrogen-bond donors (Lipinski definition) is 2. The molecule has 1 aromatic carbocycles. The van der Waals surface area contributed by atoms with E-state index in [0.717, 1.165) is 0 Å². The van der Waals surface area contributed by atoms with Crippen LogP contribution >= 0.6 is 11.6 Å². The van der Waals surface area contributed by atoms with E-state index in [1.54, 1.807) is 12.1 Å². The van der Waals surface area contributed by atoms with Crippen LogP contribution in [0.25, 0.3) is 0 Å². The van der Waals surface area contributed by atoms with E-state index in [1.165, 1.54) is 6.07 Å². The molecule has 0 atom stereocenters. The summed E-state index contributed by atoms with van der Waals surface area (Å²) in [5.41, 5.74) is 0.583. The van der Waals surface area contributed by atoms with Crippen LogP contribution < -0.4 is 5.90 Å². The predicted molar refractivity (Wildman–Crippen MR) is 42.1 cm³/mol. The van der Waals surface area contributed by atoms with E-state index in [9.17, 15) is 5.11 Å². The minimum absolute atomic E-state index is 0.139. The number of aromatic hydroxyl groups is 1. The molecule has 3 N–H and O–H groups in total. The molecule has 0 spiro atoms. The maximum Gasteiger partial charge on any atom is 0.121 e. The van der Waals surface area contributed by atoms with Gasteiger partial charge in [0.2, 0.25) is 0 Å². The van der Waals surface area contributed by atoms with E-state index in [-0.39, 0.29) is 12.4 Å². The van der Waals surface area contributed by atoms with Crippen molar-refractivity contribution >= 4 is 11.6 Å². The van der Waals surface area contributed by atoms with E-state index in [2.05, 4.69) is 4.84 Å². The van der Waals surface area contributed by atoms with Crippen LogP contribution in [0.3, 0.4) is 0 Å². The zero-order chi connectivity index (χ0) is 8.27. The maximum atomic E-state index is 9.17. The van der Waals surface area contributed by atoms with Crippen molar-refractivity contribution < 1.29 is 9.94 Å². The van der Waals surface area contributed by atoms with Gasteiger partial charge in [0, 0.05) is 10.6 Å². The van der Waals surface area contributed by atoms with E-state index >= 15 is 0 Å². The second kappa shape index (κ2) is 3.57. The summed E-state index contributed by atoms with van der Waals surface area (Å²) in [4.78, 5) is 4.35. The molecule has 0 saturated carbocycles. The van der Waals surface area contributed by atoms with Crippen LogP contribution in [-0.4, -0.2) is 5.11 Å². The zero-order valence-electron chi connectivity index (χ0n) is 5.75. The van der Waals surface area contributed by atoms with Crippen LogP contribution in [0.1, 0.15) is 5.56 Å². The average Bonchev–Trinajstić information content (AvgIpc) is 1.98. The quantitative estimate of drug-likeness (QED) is 0.666. The summed E-state index contributed by atoms with van der Waals surface area (Å²) >= 11 is 5.65. The zero-order valence-corrected chi connectivity index (χ0v) is 6.51. The van der Waals surface area contributed by atoms with Gasteiger partial charge in [-0.15, -0.1) is 0 Å². The van der Waals surface area contributed by atoms with Gasteiger partial charge in [0.15, 0.2) is 0 Å². The van der Waals surface area contributed by atoms with Gasteiger partial charge in [-0.1, -0.05) is 11.6 Å². The topological polar surface area (TPSA) is 55.5 Å². The Hall–Kier alpha value is -0.770. The van der Waals surface area contributed by atoms with Gasteiger partial charge in [0.1, 0.15) is 5.75 Å². The summed E-state index contributed by atoms with van der Waals surface area (Å²) in [6.45, 7) is 0.159. The molecule has 0 unspecified atom stereocenters. The molecule has 11 heavy (non-hydrogen) atoms. The highest BCUT2D eigenvalue weighted by atomic mass is 35.5. The van der Waals surface area contributed by atoms with Crippen LogP contribution in [0.4, 0.5) is 0 Å². The highest BCUT2D eigenvalue weighted by molar-refractivity contribution is 6.30. The summed E-state index contributed by atoms with van der Waals surface area (Å²) in [5, 5.41) is 9.72. The highest BCUT2D eigenvalue weighted by Crippen LogP contribution is 2.21. The molecule has 0 radical (unpaired) electrons. The minimum Gasteiger partial charge on any atom is -0.508 e. The Kier molecular flexibility index (Phi) is 2.70. The Morgan fingerprint density at radius 3 is 2.91 bits per heavy atom. The van der Waals surface area contributed by atoms with Crippen molar-refractivity contribution in [3.63, 3.8) is 0 Å². The van der Waals surface area contributed by atoms with Gasteiger partial charge in [-0.25, -0.2) is 5.90 Å². The molecule has 1 rings (SSSR count). The molecule has 0 saturated heterocycles. The van der Waals surface area contributed by atoms with Gasteiger partial charge in [-0.2, -0.15) is 0 Å². The van der Waals surface area contributed by atoms with Crippen LogP contribution in [0.5, 0.6) is 5.75 Å². The first-order chi connectivity index (χ1) is 5.24. The fourth-order valence-electron chi connectivity index (χ4n) is 0.759. The van der Waals surface area contributed by atoms with Crippen molar-refractivity contribution in [1.29, 1.82) is 0 Å². The molecule has 0 aliphatic rings. The number of halogens is 1. The Bertz CT molecular complexity index is 252. The summed E-state index contributed by atoms with van der Waals surface area (Å²) in [5.74, 6) is 4.96. The minimum atomic E-state index is 0.139. The van der Waals surface area contributed by atoms with Gasteiger partial charge in [-0.05, 0) is 18.2 Å². The molecule has 0 aliphatic carbocycles. The number of phenols is 1. The van der Waals surface area contributed by atoms with Crippen LogP contribution in [-0.2, 0) is 11.4 Å². The van der Waals surface area contributed by atoms with Crippen LogP contribution in [0.2, 0.25) is 5.02 Å². The lowest BCUT2D eigenvalue weighted by Crippen LogP contribution is -1.98. The van der Waals surface area contributed by atoms with E-state index in [0.29, 0.717) is 10.6 Å². The lowest BCUT2D eigenvalue weighted by atomic mass is 10.2. The lowest BCUT2D eigenvalue weighted by Gasteiger charge is -2.01. The first-order valence-corrected chi connectivity index (χ1v) is 3.41. The van der Waals surface area contributed by atoms with Crippen LogP contribution in [0.15, 0.2) is 18.2 Å². The molecular weight excluding hydrogens is 166 g/mol. The normalized spacial score (nSPS) is 10.0. The number of phenolic OH excluding ortho intramolecular Hbond substituents is 1. The molecule has 3 nitrogen and oxygen atoms in total. The fraction of sp³-hybridized carbons (Fsp3) is 0.143. The molecule has 4 heteroatoms. The van der Waals surface area contributed by atoms with Crippen molar-refractivity contribution in [1.82, 2.24) is 0 Å². The molecule has 0 aliphatic heterocycles. The second-order valence-electron chi connectivity index (χ2n) is 2.08. The van der Waals surface area contributed by atoms with E-state index in [4.69, 9.17) is 17.5 Å². The Morgan fingerprint density at radius 1 is 1.55 bits per heavy atom. The van der Waals surface area contributed by atoms with Crippen molar-refractivity contribution in [3.05, 3.63) is 28.8 Å². The van der Waals surface area contributed by atoms with Gasteiger partial charge in [0.05, 0.1) is 6.61 Å². The number of rotatable bonds is 2. The predicted octanol–water partition coefficient (Wildman–Crippen LogP) is 1.44. The summed E-state index contributed by atoms with van der Waals surface area (Å²) < 4.78 is 0. The smallest absolute Gasteiger partial charge is 0.121 e. The molecule has 0 bridgehead atoms. The lowest BCUT2D eigenvalue weighted by molar-refractivity contribution is 0.122. The Balaban J connectivity index is 2.93. The van der Waals surface area contributed by atoms with Crippen molar-refractivity contribution in [2.24, 2.45) is 5.90 Å². The van der Waals surface area contributed by atoms with Crippen molar-refractivity contribution in [3.8, 4) is 5.75 Å². The number of benzene rings is 1.